The molecule has 0 bridgehead atoms. The molecule has 1 saturated heterocycles. The molecule has 4 nitrogen and oxygen atoms in total. The molecule has 1 atom stereocenters. The Morgan fingerprint density at radius 1 is 1.58 bits per heavy atom. The van der Waals surface area contributed by atoms with E-state index in [9.17, 15) is 0 Å². The maximum absolute atomic E-state index is 5.58. The minimum Gasteiger partial charge on any atom is -0.348 e. The van der Waals surface area contributed by atoms with Crippen LogP contribution >= 0.6 is 0 Å². The van der Waals surface area contributed by atoms with Gasteiger partial charge in [0, 0.05) is 0 Å². The summed E-state index contributed by atoms with van der Waals surface area (Å²) in [6.07, 6.45) is 2.07. The van der Waals surface area contributed by atoms with E-state index in [0.717, 1.165) is 12.8 Å². The predicted octanol–water partition coefficient (Wildman–Crippen LogP) is 0.808. The van der Waals surface area contributed by atoms with Crippen molar-refractivity contribution in [1.82, 2.24) is 0 Å². The highest BCUT2D eigenvalue weighted by atomic mass is 16.7. The first-order valence-electron chi connectivity index (χ1n) is 4.27. The van der Waals surface area contributed by atoms with Gasteiger partial charge in [-0.1, -0.05) is 0 Å². The first-order chi connectivity index (χ1) is 5.64. The number of nitrogens with two attached hydrogens (primary N) is 1. The van der Waals surface area contributed by atoms with Crippen molar-refractivity contribution in [3.63, 3.8) is 0 Å². The summed E-state index contributed by atoms with van der Waals surface area (Å²) in [7, 11) is 0. The molecule has 0 aliphatic carbocycles. The van der Waals surface area contributed by atoms with Gasteiger partial charge in [-0.15, -0.1) is 0 Å². The van der Waals surface area contributed by atoms with Crippen molar-refractivity contribution in [3.8, 4) is 0 Å². The molecule has 0 saturated carbocycles. The van der Waals surface area contributed by atoms with Gasteiger partial charge in [-0.05, 0) is 26.7 Å². The Balaban J connectivity index is 2.11. The summed E-state index contributed by atoms with van der Waals surface area (Å²) >= 11 is 0. The van der Waals surface area contributed by atoms with E-state index in [-0.39, 0.29) is 6.10 Å². The lowest BCUT2D eigenvalue weighted by molar-refractivity contribution is -0.139. The third-order valence-electron chi connectivity index (χ3n) is 1.86. The van der Waals surface area contributed by atoms with Crippen LogP contribution in [0.4, 0.5) is 0 Å². The summed E-state index contributed by atoms with van der Waals surface area (Å²) in [6, 6.07) is 0. The maximum Gasteiger partial charge on any atom is 0.163 e. The van der Waals surface area contributed by atoms with Crippen LogP contribution in [0.1, 0.15) is 26.7 Å². The van der Waals surface area contributed by atoms with E-state index in [2.05, 4.69) is 4.84 Å². The minimum atomic E-state index is -0.408. The summed E-state index contributed by atoms with van der Waals surface area (Å²) in [5, 5.41) is 0. The molecule has 72 valence electrons. The highest BCUT2D eigenvalue weighted by Gasteiger charge is 2.31. The summed E-state index contributed by atoms with van der Waals surface area (Å²) < 4.78 is 11.0. The zero-order chi connectivity index (χ0) is 9.03. The van der Waals surface area contributed by atoms with Gasteiger partial charge in [-0.2, -0.15) is 0 Å². The molecule has 1 aliphatic heterocycles. The van der Waals surface area contributed by atoms with Crippen LogP contribution in [0.3, 0.4) is 0 Å². The molecule has 1 rings (SSSR count). The Kier molecular flexibility index (Phi) is 3.46. The van der Waals surface area contributed by atoms with E-state index >= 15 is 0 Å². The van der Waals surface area contributed by atoms with Crippen LogP contribution in [-0.2, 0) is 14.3 Å². The van der Waals surface area contributed by atoms with Crippen LogP contribution in [0.25, 0.3) is 0 Å². The number of ether oxygens (including phenoxy) is 2. The SMILES string of the molecule is CC1(C)OC[C@H](CCCON)O1. The number of rotatable bonds is 4. The van der Waals surface area contributed by atoms with Crippen molar-refractivity contribution in [3.05, 3.63) is 0 Å². The normalized spacial score (nSPS) is 27.8. The van der Waals surface area contributed by atoms with Crippen LogP contribution in [0, 0.1) is 0 Å². The van der Waals surface area contributed by atoms with Crippen molar-refractivity contribution in [1.29, 1.82) is 0 Å². The molecule has 0 spiro atoms. The molecule has 1 aliphatic rings. The average molecular weight is 175 g/mol. The molecule has 0 aromatic heterocycles. The standard InChI is InChI=1S/C8H17NO3/c1-8(2)10-6-7(12-8)4-3-5-11-9/h7H,3-6,9H2,1-2H3/t7-/m0/s1. The van der Waals surface area contributed by atoms with Gasteiger partial charge in [0.2, 0.25) is 0 Å². The van der Waals surface area contributed by atoms with Crippen LogP contribution in [0.5, 0.6) is 0 Å². The molecular weight excluding hydrogens is 158 g/mol. The quantitative estimate of drug-likeness (QED) is 0.507. The van der Waals surface area contributed by atoms with Gasteiger partial charge in [0.05, 0.1) is 19.3 Å². The molecule has 0 aromatic carbocycles. The molecule has 0 unspecified atom stereocenters. The largest absolute Gasteiger partial charge is 0.348 e. The van der Waals surface area contributed by atoms with Crippen molar-refractivity contribution in [2.45, 2.75) is 38.6 Å². The van der Waals surface area contributed by atoms with Gasteiger partial charge in [0.1, 0.15) is 0 Å². The molecule has 0 amide bonds. The minimum absolute atomic E-state index is 0.204. The second-order valence-electron chi connectivity index (χ2n) is 3.46. The lowest BCUT2D eigenvalue weighted by Gasteiger charge is -2.16. The van der Waals surface area contributed by atoms with Crippen LogP contribution in [-0.4, -0.2) is 25.1 Å². The fourth-order valence-electron chi connectivity index (χ4n) is 1.30. The molecule has 12 heavy (non-hydrogen) atoms. The van der Waals surface area contributed by atoms with Gasteiger partial charge >= 0.3 is 0 Å². The smallest absolute Gasteiger partial charge is 0.163 e. The van der Waals surface area contributed by atoms with E-state index in [1.807, 2.05) is 13.8 Å². The number of hydrogen-bond acceptors (Lipinski definition) is 4. The molecule has 4 heteroatoms. The van der Waals surface area contributed by atoms with E-state index in [0.29, 0.717) is 13.2 Å². The van der Waals surface area contributed by atoms with Crippen molar-refractivity contribution < 1.29 is 14.3 Å². The first-order valence-corrected chi connectivity index (χ1v) is 4.27. The fraction of sp³-hybridized carbons (Fsp3) is 1.00. The van der Waals surface area contributed by atoms with Crippen molar-refractivity contribution in [2.75, 3.05) is 13.2 Å². The lowest BCUT2D eigenvalue weighted by Crippen LogP contribution is -2.21. The molecule has 2 N–H and O–H groups in total. The Morgan fingerprint density at radius 2 is 2.33 bits per heavy atom. The van der Waals surface area contributed by atoms with E-state index in [1.54, 1.807) is 0 Å². The fourth-order valence-corrected chi connectivity index (χ4v) is 1.30. The molecule has 0 aromatic rings. The summed E-state index contributed by atoms with van der Waals surface area (Å²) in [4.78, 5) is 4.46. The van der Waals surface area contributed by atoms with Crippen molar-refractivity contribution in [2.24, 2.45) is 5.90 Å². The average Bonchev–Trinajstić information content (AvgIpc) is 2.31. The highest BCUT2D eigenvalue weighted by molar-refractivity contribution is 4.70. The Hall–Kier alpha value is -0.160. The number of hydrogen-bond donors (Lipinski definition) is 1. The van der Waals surface area contributed by atoms with Gasteiger partial charge in [-0.25, -0.2) is 5.90 Å². The van der Waals surface area contributed by atoms with E-state index in [1.165, 1.54) is 0 Å². The summed E-state index contributed by atoms with van der Waals surface area (Å²) in [6.45, 7) is 5.11. The molecule has 0 radical (unpaired) electrons. The summed E-state index contributed by atoms with van der Waals surface area (Å²) in [5.74, 6) is 4.49. The Morgan fingerprint density at radius 3 is 2.83 bits per heavy atom. The van der Waals surface area contributed by atoms with E-state index in [4.69, 9.17) is 15.4 Å². The summed E-state index contributed by atoms with van der Waals surface area (Å²) in [5.41, 5.74) is 0. The zero-order valence-corrected chi connectivity index (χ0v) is 7.71. The highest BCUT2D eigenvalue weighted by Crippen LogP contribution is 2.24. The van der Waals surface area contributed by atoms with Gasteiger partial charge in [0.15, 0.2) is 5.79 Å². The van der Waals surface area contributed by atoms with Gasteiger partial charge in [0.25, 0.3) is 0 Å². The first kappa shape index (κ1) is 9.92. The van der Waals surface area contributed by atoms with Gasteiger partial charge < -0.3 is 14.3 Å². The molecular formula is C8H17NO3. The van der Waals surface area contributed by atoms with E-state index < -0.39 is 5.79 Å². The monoisotopic (exact) mass is 175 g/mol. The van der Waals surface area contributed by atoms with Crippen LogP contribution in [0.2, 0.25) is 0 Å². The van der Waals surface area contributed by atoms with Crippen molar-refractivity contribution >= 4 is 0 Å². The second kappa shape index (κ2) is 4.18. The molecule has 1 fully saturated rings. The predicted molar refractivity (Wildman–Crippen MR) is 44.3 cm³/mol. The Labute approximate surface area is 72.9 Å². The Bertz CT molecular complexity index is 138. The van der Waals surface area contributed by atoms with Crippen LogP contribution in [0.15, 0.2) is 0 Å². The second-order valence-corrected chi connectivity index (χ2v) is 3.46. The van der Waals surface area contributed by atoms with Crippen LogP contribution < -0.4 is 5.90 Å². The third-order valence-corrected chi connectivity index (χ3v) is 1.86. The third kappa shape index (κ3) is 3.06. The maximum atomic E-state index is 5.58. The zero-order valence-electron chi connectivity index (χ0n) is 7.71. The van der Waals surface area contributed by atoms with Gasteiger partial charge in [-0.3, -0.25) is 0 Å². The molecule has 1 heterocycles. The topological polar surface area (TPSA) is 53.7 Å². The lowest BCUT2D eigenvalue weighted by atomic mass is 10.2.